The van der Waals surface area contributed by atoms with Crippen LogP contribution in [0.5, 0.6) is 11.5 Å². The summed E-state index contributed by atoms with van der Waals surface area (Å²) in [5, 5.41) is 30.6. The Labute approximate surface area is 148 Å². The highest BCUT2D eigenvalue weighted by Gasteiger charge is 2.20. The minimum Gasteiger partial charge on any atom is -0.504 e. The van der Waals surface area contributed by atoms with E-state index in [4.69, 9.17) is 0 Å². The summed E-state index contributed by atoms with van der Waals surface area (Å²) in [6.45, 7) is 2.17. The van der Waals surface area contributed by atoms with E-state index in [1.807, 2.05) is 0 Å². The van der Waals surface area contributed by atoms with Crippen molar-refractivity contribution >= 4 is 11.9 Å². The SMILES string of the molecule is CCCCCCCCCC(=O)N[C@@H](Cc1ccc(O)c(O)c1)C(=O)O. The van der Waals surface area contributed by atoms with Crippen molar-refractivity contribution in [1.29, 1.82) is 0 Å². The van der Waals surface area contributed by atoms with Crippen LogP contribution in [0, 0.1) is 0 Å². The van der Waals surface area contributed by atoms with Gasteiger partial charge in [-0.2, -0.15) is 0 Å². The molecule has 6 nitrogen and oxygen atoms in total. The van der Waals surface area contributed by atoms with E-state index in [1.165, 1.54) is 43.9 Å². The zero-order valence-electron chi connectivity index (χ0n) is 14.8. The third kappa shape index (κ3) is 8.42. The summed E-state index contributed by atoms with van der Waals surface area (Å²) >= 11 is 0. The second-order valence-electron chi connectivity index (χ2n) is 6.36. The van der Waals surface area contributed by atoms with Gasteiger partial charge in [-0.3, -0.25) is 4.79 Å². The van der Waals surface area contributed by atoms with Gasteiger partial charge in [0.2, 0.25) is 5.91 Å². The molecule has 0 unspecified atom stereocenters. The van der Waals surface area contributed by atoms with Crippen LogP contribution in [-0.2, 0) is 16.0 Å². The molecule has 6 heteroatoms. The number of nitrogens with one attached hydrogen (secondary N) is 1. The largest absolute Gasteiger partial charge is 0.504 e. The Balaban J connectivity index is 2.37. The number of aromatic hydroxyl groups is 2. The molecule has 0 bridgehead atoms. The van der Waals surface area contributed by atoms with Crippen LogP contribution < -0.4 is 5.32 Å². The van der Waals surface area contributed by atoms with E-state index in [0.29, 0.717) is 12.0 Å². The first-order valence-electron chi connectivity index (χ1n) is 8.97. The number of hydrogen-bond donors (Lipinski definition) is 4. The van der Waals surface area contributed by atoms with Crippen LogP contribution in [0.1, 0.15) is 63.9 Å². The molecule has 1 amide bonds. The number of rotatable bonds is 12. The number of carbonyl (C=O) groups excluding carboxylic acids is 1. The van der Waals surface area contributed by atoms with Gasteiger partial charge < -0.3 is 20.6 Å². The van der Waals surface area contributed by atoms with Crippen LogP contribution in [0.4, 0.5) is 0 Å². The highest BCUT2D eigenvalue weighted by molar-refractivity contribution is 5.83. The number of phenolic OH excluding ortho intramolecular Hbond substituents is 2. The lowest BCUT2D eigenvalue weighted by Crippen LogP contribution is -2.42. The molecule has 140 valence electrons. The fourth-order valence-corrected chi connectivity index (χ4v) is 2.64. The molecule has 0 aliphatic carbocycles. The quantitative estimate of drug-likeness (QED) is 0.341. The standard InChI is InChI=1S/C19H29NO5/c1-2-3-4-5-6-7-8-9-18(23)20-15(19(24)25)12-14-10-11-16(21)17(22)13-14/h10-11,13,15,21-22H,2-9,12H2,1H3,(H,20,23)(H,24,25)/t15-/m0/s1. The number of carboxylic acids is 1. The number of benzene rings is 1. The van der Waals surface area contributed by atoms with Crippen LogP contribution in [0.3, 0.4) is 0 Å². The molecule has 0 radical (unpaired) electrons. The van der Waals surface area contributed by atoms with Crippen molar-refractivity contribution in [2.75, 3.05) is 0 Å². The maximum absolute atomic E-state index is 11.9. The summed E-state index contributed by atoms with van der Waals surface area (Å²) in [4.78, 5) is 23.3. The lowest BCUT2D eigenvalue weighted by Gasteiger charge is -2.15. The maximum Gasteiger partial charge on any atom is 0.326 e. The molecule has 0 saturated carbocycles. The van der Waals surface area contributed by atoms with Crippen molar-refractivity contribution in [2.24, 2.45) is 0 Å². The summed E-state index contributed by atoms with van der Waals surface area (Å²) in [6.07, 6.45) is 8.05. The summed E-state index contributed by atoms with van der Waals surface area (Å²) < 4.78 is 0. The predicted octanol–water partition coefficient (Wildman–Crippen LogP) is 3.35. The van der Waals surface area contributed by atoms with Gasteiger partial charge in [-0.15, -0.1) is 0 Å². The minimum absolute atomic E-state index is 0.0476. The first-order valence-corrected chi connectivity index (χ1v) is 8.97. The number of carboxylic acid groups (broad SMARTS) is 1. The Morgan fingerprint density at radius 2 is 1.64 bits per heavy atom. The Morgan fingerprint density at radius 1 is 1.00 bits per heavy atom. The van der Waals surface area contributed by atoms with Crippen molar-refractivity contribution in [3.05, 3.63) is 23.8 Å². The molecule has 1 atom stereocenters. The normalized spacial score (nSPS) is 11.9. The third-order valence-corrected chi connectivity index (χ3v) is 4.12. The molecule has 0 fully saturated rings. The van der Waals surface area contributed by atoms with E-state index in [0.717, 1.165) is 19.3 Å². The lowest BCUT2D eigenvalue weighted by molar-refractivity contribution is -0.141. The van der Waals surface area contributed by atoms with Crippen molar-refractivity contribution in [1.82, 2.24) is 5.32 Å². The van der Waals surface area contributed by atoms with Crippen molar-refractivity contribution in [2.45, 2.75) is 70.8 Å². The van der Waals surface area contributed by atoms with Gasteiger partial charge in [-0.05, 0) is 24.1 Å². The molecule has 1 aromatic rings. The second kappa shape index (κ2) is 11.3. The third-order valence-electron chi connectivity index (χ3n) is 4.12. The molecule has 4 N–H and O–H groups in total. The monoisotopic (exact) mass is 351 g/mol. The van der Waals surface area contributed by atoms with Crippen molar-refractivity contribution < 1.29 is 24.9 Å². The van der Waals surface area contributed by atoms with Gasteiger partial charge in [0.25, 0.3) is 0 Å². The van der Waals surface area contributed by atoms with Gasteiger partial charge in [0, 0.05) is 12.8 Å². The van der Waals surface area contributed by atoms with Gasteiger partial charge >= 0.3 is 5.97 Å². The van der Waals surface area contributed by atoms with E-state index in [9.17, 15) is 24.9 Å². The van der Waals surface area contributed by atoms with Crippen molar-refractivity contribution in [3.63, 3.8) is 0 Å². The van der Waals surface area contributed by atoms with Gasteiger partial charge in [0.1, 0.15) is 6.04 Å². The topological polar surface area (TPSA) is 107 Å². The Hall–Kier alpha value is -2.24. The zero-order chi connectivity index (χ0) is 18.7. The molecule has 0 aliphatic rings. The highest BCUT2D eigenvalue weighted by Crippen LogP contribution is 2.25. The lowest BCUT2D eigenvalue weighted by atomic mass is 10.0. The zero-order valence-corrected chi connectivity index (χ0v) is 14.8. The molecule has 0 spiro atoms. The molecule has 25 heavy (non-hydrogen) atoms. The van der Waals surface area contributed by atoms with Crippen LogP contribution in [0.25, 0.3) is 0 Å². The summed E-state index contributed by atoms with van der Waals surface area (Å²) in [5.74, 6) is -1.97. The molecule has 1 aromatic carbocycles. The average Bonchev–Trinajstić information content (AvgIpc) is 2.56. The number of unbranched alkanes of at least 4 members (excludes halogenated alkanes) is 6. The van der Waals surface area contributed by atoms with E-state index < -0.39 is 12.0 Å². The van der Waals surface area contributed by atoms with E-state index in [1.54, 1.807) is 0 Å². The summed E-state index contributed by atoms with van der Waals surface area (Å²) in [6, 6.07) is 3.06. The van der Waals surface area contributed by atoms with Gasteiger partial charge in [-0.25, -0.2) is 4.79 Å². The molecule has 0 aliphatic heterocycles. The first-order chi connectivity index (χ1) is 11.9. The second-order valence-corrected chi connectivity index (χ2v) is 6.36. The minimum atomic E-state index is -1.12. The molecule has 0 heterocycles. The van der Waals surface area contributed by atoms with Crippen molar-refractivity contribution in [3.8, 4) is 11.5 Å². The van der Waals surface area contributed by atoms with Gasteiger partial charge in [0.15, 0.2) is 11.5 Å². The highest BCUT2D eigenvalue weighted by atomic mass is 16.4. The number of amides is 1. The smallest absolute Gasteiger partial charge is 0.326 e. The fraction of sp³-hybridized carbons (Fsp3) is 0.579. The fourth-order valence-electron chi connectivity index (χ4n) is 2.64. The Morgan fingerprint density at radius 3 is 2.24 bits per heavy atom. The molecular formula is C19H29NO5. The van der Waals surface area contributed by atoms with E-state index in [-0.39, 0.29) is 23.8 Å². The van der Waals surface area contributed by atoms with Crippen LogP contribution >= 0.6 is 0 Å². The number of phenols is 2. The molecule has 0 saturated heterocycles. The molecule has 1 rings (SSSR count). The Kier molecular flexibility index (Phi) is 9.43. The van der Waals surface area contributed by atoms with E-state index in [2.05, 4.69) is 12.2 Å². The summed E-state index contributed by atoms with van der Waals surface area (Å²) in [5.41, 5.74) is 0.527. The first kappa shape index (κ1) is 20.8. The predicted molar refractivity (Wildman–Crippen MR) is 95.7 cm³/mol. The van der Waals surface area contributed by atoms with Gasteiger partial charge in [0.05, 0.1) is 0 Å². The molecular weight excluding hydrogens is 322 g/mol. The van der Waals surface area contributed by atoms with Gasteiger partial charge in [-0.1, -0.05) is 51.5 Å². The average molecular weight is 351 g/mol. The number of hydrogen-bond acceptors (Lipinski definition) is 4. The number of carbonyl (C=O) groups is 2. The maximum atomic E-state index is 11.9. The summed E-state index contributed by atoms with van der Waals surface area (Å²) in [7, 11) is 0. The number of aliphatic carboxylic acids is 1. The van der Waals surface area contributed by atoms with Crippen LogP contribution in [0.2, 0.25) is 0 Å². The Bertz CT molecular complexity index is 559. The van der Waals surface area contributed by atoms with Crippen LogP contribution in [-0.4, -0.2) is 33.2 Å². The molecule has 0 aromatic heterocycles. The van der Waals surface area contributed by atoms with E-state index >= 15 is 0 Å². The van der Waals surface area contributed by atoms with Crippen LogP contribution in [0.15, 0.2) is 18.2 Å².